The molecule has 34 heavy (non-hydrogen) atoms. The van der Waals surface area contributed by atoms with Crippen LogP contribution in [0.4, 0.5) is 4.79 Å². The van der Waals surface area contributed by atoms with E-state index in [2.05, 4.69) is 15.5 Å². The average molecular weight is 483 g/mol. The fourth-order valence-electron chi connectivity index (χ4n) is 4.25. The first-order valence-electron chi connectivity index (χ1n) is 11.2. The molecule has 2 N–H and O–H groups in total. The number of benzene rings is 2. The molecule has 0 aromatic heterocycles. The second kappa shape index (κ2) is 9.19. The summed E-state index contributed by atoms with van der Waals surface area (Å²) in [5, 5.41) is 4.94. The van der Waals surface area contributed by atoms with Crippen LogP contribution in [0.1, 0.15) is 22.8 Å². The second-order valence-corrected chi connectivity index (χ2v) is 9.80. The molecule has 2 aromatic carbocycles. The van der Waals surface area contributed by atoms with Crippen LogP contribution in [-0.2, 0) is 11.3 Å². The van der Waals surface area contributed by atoms with Gasteiger partial charge in [0.05, 0.1) is 5.56 Å². The van der Waals surface area contributed by atoms with Crippen molar-refractivity contribution in [1.82, 2.24) is 20.4 Å². The van der Waals surface area contributed by atoms with Gasteiger partial charge in [-0.2, -0.15) is 0 Å². The standard InChI is InChI=1S/C24H26N4O5S/c1-24(22(30)25-23(31)26-24)14-34-20-5-3-2-4-17(20)21(29)28-10-8-27(9-11-28)13-16-6-7-18-19(12-16)33-15-32-18/h2-7,12H,8-11,13-15H2,1H3,(H2,25,26,30,31). The normalized spacial score (nSPS) is 22.0. The molecule has 1 atom stereocenters. The monoisotopic (exact) mass is 482 g/mol. The van der Waals surface area contributed by atoms with Gasteiger partial charge in [0.1, 0.15) is 5.54 Å². The first-order valence-corrected chi connectivity index (χ1v) is 12.2. The number of imide groups is 1. The molecule has 1 unspecified atom stereocenters. The third-order valence-corrected chi connectivity index (χ3v) is 7.64. The van der Waals surface area contributed by atoms with Gasteiger partial charge in [0, 0.05) is 43.4 Å². The largest absolute Gasteiger partial charge is 0.454 e. The van der Waals surface area contributed by atoms with Crippen LogP contribution in [0.5, 0.6) is 11.5 Å². The number of amides is 4. The first-order chi connectivity index (χ1) is 16.4. The number of fused-ring (bicyclic) bond motifs is 1. The van der Waals surface area contributed by atoms with E-state index in [4.69, 9.17) is 9.47 Å². The molecule has 178 valence electrons. The lowest BCUT2D eigenvalue weighted by molar-refractivity contribution is -0.122. The van der Waals surface area contributed by atoms with E-state index in [0.717, 1.165) is 41.6 Å². The third-order valence-electron chi connectivity index (χ3n) is 6.25. The summed E-state index contributed by atoms with van der Waals surface area (Å²) >= 11 is 1.40. The Morgan fingerprint density at radius 3 is 2.59 bits per heavy atom. The van der Waals surface area contributed by atoms with E-state index in [-0.39, 0.29) is 18.6 Å². The SMILES string of the molecule is CC1(CSc2ccccc2C(=O)N2CCN(Cc3ccc4c(c3)OCO4)CC2)NC(=O)NC1=O. The minimum Gasteiger partial charge on any atom is -0.454 e. The van der Waals surface area contributed by atoms with Gasteiger partial charge in [0.25, 0.3) is 11.8 Å². The molecule has 3 aliphatic heterocycles. The van der Waals surface area contributed by atoms with Gasteiger partial charge in [0.15, 0.2) is 11.5 Å². The zero-order chi connectivity index (χ0) is 23.7. The highest BCUT2D eigenvalue weighted by Crippen LogP contribution is 2.33. The number of rotatable bonds is 6. The number of hydrogen-bond acceptors (Lipinski definition) is 7. The van der Waals surface area contributed by atoms with E-state index in [1.807, 2.05) is 47.4 Å². The molecule has 3 aliphatic rings. The minimum absolute atomic E-state index is 0.0177. The molecule has 0 bridgehead atoms. The van der Waals surface area contributed by atoms with Crippen LogP contribution in [-0.4, -0.2) is 71.9 Å². The quantitative estimate of drug-likeness (QED) is 0.480. The summed E-state index contributed by atoms with van der Waals surface area (Å²) in [7, 11) is 0. The fraction of sp³-hybridized carbons (Fsp3) is 0.375. The third kappa shape index (κ3) is 4.55. The number of piperazine rings is 1. The number of ether oxygens (including phenoxy) is 2. The van der Waals surface area contributed by atoms with Crippen molar-refractivity contribution in [2.24, 2.45) is 0 Å². The molecule has 4 amide bonds. The zero-order valence-electron chi connectivity index (χ0n) is 18.8. The van der Waals surface area contributed by atoms with Gasteiger partial charge in [-0.3, -0.25) is 19.8 Å². The smallest absolute Gasteiger partial charge is 0.322 e. The van der Waals surface area contributed by atoms with Crippen molar-refractivity contribution in [2.45, 2.75) is 23.9 Å². The lowest BCUT2D eigenvalue weighted by atomic mass is 10.1. The Kier molecular flexibility index (Phi) is 6.09. The number of nitrogens with one attached hydrogen (secondary N) is 2. The summed E-state index contributed by atoms with van der Waals surface area (Å²) < 4.78 is 10.8. The van der Waals surface area contributed by atoms with Crippen LogP contribution < -0.4 is 20.1 Å². The van der Waals surface area contributed by atoms with Crippen LogP contribution in [0, 0.1) is 0 Å². The Labute approximate surface area is 201 Å². The van der Waals surface area contributed by atoms with Crippen molar-refractivity contribution in [1.29, 1.82) is 0 Å². The Bertz CT molecular complexity index is 1130. The van der Waals surface area contributed by atoms with E-state index in [0.29, 0.717) is 24.4 Å². The van der Waals surface area contributed by atoms with Crippen molar-refractivity contribution in [2.75, 3.05) is 38.7 Å². The van der Waals surface area contributed by atoms with Crippen LogP contribution in [0.15, 0.2) is 47.4 Å². The maximum atomic E-state index is 13.3. The molecule has 0 radical (unpaired) electrons. The highest BCUT2D eigenvalue weighted by Gasteiger charge is 2.42. The molecular formula is C24H26N4O5S. The minimum atomic E-state index is -1.00. The maximum absolute atomic E-state index is 13.3. The number of carbonyl (C=O) groups excluding carboxylic acids is 3. The molecule has 10 heteroatoms. The Morgan fingerprint density at radius 1 is 1.06 bits per heavy atom. The van der Waals surface area contributed by atoms with Gasteiger partial charge in [-0.05, 0) is 36.8 Å². The number of hydrogen-bond donors (Lipinski definition) is 2. The average Bonchev–Trinajstić information content (AvgIpc) is 3.40. The maximum Gasteiger partial charge on any atom is 0.322 e. The van der Waals surface area contributed by atoms with Crippen molar-refractivity contribution in [3.8, 4) is 11.5 Å². The lowest BCUT2D eigenvalue weighted by Crippen LogP contribution is -2.48. The topological polar surface area (TPSA) is 100 Å². The lowest BCUT2D eigenvalue weighted by Gasteiger charge is -2.35. The molecule has 0 spiro atoms. The Balaban J connectivity index is 1.19. The van der Waals surface area contributed by atoms with Crippen molar-refractivity contribution < 1.29 is 23.9 Å². The molecule has 2 aromatic rings. The summed E-state index contributed by atoms with van der Waals surface area (Å²) in [6.45, 7) is 5.57. The zero-order valence-corrected chi connectivity index (χ0v) is 19.7. The van der Waals surface area contributed by atoms with E-state index in [1.54, 1.807) is 6.92 Å². The fourth-order valence-corrected chi connectivity index (χ4v) is 5.38. The number of carbonyl (C=O) groups is 3. The van der Waals surface area contributed by atoms with Crippen LogP contribution in [0.2, 0.25) is 0 Å². The van der Waals surface area contributed by atoms with E-state index in [1.165, 1.54) is 11.8 Å². The molecule has 0 saturated carbocycles. The molecule has 5 rings (SSSR count). The van der Waals surface area contributed by atoms with Gasteiger partial charge in [-0.1, -0.05) is 18.2 Å². The number of thioether (sulfide) groups is 1. The summed E-state index contributed by atoms with van der Waals surface area (Å²) in [4.78, 5) is 42.0. The molecular weight excluding hydrogens is 456 g/mol. The highest BCUT2D eigenvalue weighted by atomic mass is 32.2. The Morgan fingerprint density at radius 2 is 1.82 bits per heavy atom. The summed E-state index contributed by atoms with van der Waals surface area (Å²) in [6, 6.07) is 12.9. The molecule has 2 saturated heterocycles. The van der Waals surface area contributed by atoms with E-state index >= 15 is 0 Å². The number of urea groups is 1. The van der Waals surface area contributed by atoms with Crippen LogP contribution in [0.3, 0.4) is 0 Å². The second-order valence-electron chi connectivity index (χ2n) is 8.78. The highest BCUT2D eigenvalue weighted by molar-refractivity contribution is 7.99. The van der Waals surface area contributed by atoms with Crippen molar-refractivity contribution >= 4 is 29.6 Å². The molecule has 9 nitrogen and oxygen atoms in total. The van der Waals surface area contributed by atoms with E-state index < -0.39 is 11.6 Å². The summed E-state index contributed by atoms with van der Waals surface area (Å²) in [5.41, 5.74) is 0.769. The van der Waals surface area contributed by atoms with Crippen LogP contribution >= 0.6 is 11.8 Å². The van der Waals surface area contributed by atoms with Gasteiger partial charge in [0.2, 0.25) is 6.79 Å². The van der Waals surface area contributed by atoms with Gasteiger partial charge >= 0.3 is 6.03 Å². The van der Waals surface area contributed by atoms with Gasteiger partial charge in [-0.25, -0.2) is 4.79 Å². The number of nitrogens with zero attached hydrogens (tertiary/aromatic N) is 2. The van der Waals surface area contributed by atoms with Crippen molar-refractivity contribution in [3.05, 3.63) is 53.6 Å². The molecule has 0 aliphatic carbocycles. The summed E-state index contributed by atoms with van der Waals surface area (Å²) in [6.07, 6.45) is 0. The van der Waals surface area contributed by atoms with Crippen LogP contribution in [0.25, 0.3) is 0 Å². The predicted octanol–water partition coefficient (Wildman–Crippen LogP) is 2.06. The van der Waals surface area contributed by atoms with E-state index in [9.17, 15) is 14.4 Å². The Hall–Kier alpha value is -3.24. The molecule has 3 heterocycles. The molecule has 2 fully saturated rings. The van der Waals surface area contributed by atoms with Gasteiger partial charge in [-0.15, -0.1) is 11.8 Å². The summed E-state index contributed by atoms with van der Waals surface area (Å²) in [5.74, 6) is 1.52. The first kappa shape index (κ1) is 22.5. The van der Waals surface area contributed by atoms with Crippen molar-refractivity contribution in [3.63, 3.8) is 0 Å². The predicted molar refractivity (Wildman–Crippen MR) is 126 cm³/mol. The van der Waals surface area contributed by atoms with Gasteiger partial charge < -0.3 is 19.7 Å².